The van der Waals surface area contributed by atoms with Gasteiger partial charge in [-0.25, -0.2) is 14.8 Å². The molecule has 2 fully saturated rings. The van der Waals surface area contributed by atoms with Crippen LogP contribution in [0.2, 0.25) is 51.4 Å². The van der Waals surface area contributed by atoms with Crippen molar-refractivity contribution in [3.05, 3.63) is 42.4 Å². The van der Waals surface area contributed by atoms with E-state index in [0.717, 1.165) is 66.0 Å². The van der Waals surface area contributed by atoms with Gasteiger partial charge < -0.3 is 34.5 Å². The number of anilines is 2. The maximum absolute atomic E-state index is 13.5. The van der Waals surface area contributed by atoms with Crippen molar-refractivity contribution in [2.24, 2.45) is 0 Å². The number of aromatic nitrogens is 4. The van der Waals surface area contributed by atoms with Gasteiger partial charge in [-0.05, 0) is 77.6 Å². The highest BCUT2D eigenvalue weighted by Crippen LogP contribution is 2.47. The van der Waals surface area contributed by atoms with Gasteiger partial charge in [-0.3, -0.25) is 0 Å². The van der Waals surface area contributed by atoms with Crippen LogP contribution in [0.25, 0.3) is 22.5 Å². The van der Waals surface area contributed by atoms with Gasteiger partial charge in [0.15, 0.2) is 5.65 Å². The summed E-state index contributed by atoms with van der Waals surface area (Å²) < 4.78 is 26.9. The molecule has 5 heterocycles. The second kappa shape index (κ2) is 16.5. The number of nitrogens with two attached hydrogens (primary N) is 1. The molecule has 0 saturated carbocycles. The highest BCUT2D eigenvalue weighted by atomic mass is 28.3. The number of fused-ring (bicyclic) bond motifs is 3. The second-order valence-electron chi connectivity index (χ2n) is 18.0. The Morgan fingerprint density at radius 1 is 0.981 bits per heavy atom. The van der Waals surface area contributed by atoms with Crippen LogP contribution in [0.3, 0.4) is 0 Å². The number of pyridine rings is 1. The lowest BCUT2D eigenvalue weighted by molar-refractivity contribution is 0.00566. The zero-order chi connectivity index (χ0) is 38.7. The van der Waals surface area contributed by atoms with Crippen molar-refractivity contribution >= 4 is 45.3 Å². The third-order valence-electron chi connectivity index (χ3n) is 9.86. The maximum atomic E-state index is 13.5. The third-order valence-corrected chi connectivity index (χ3v) is 13.3. The van der Waals surface area contributed by atoms with Crippen LogP contribution in [0.15, 0.2) is 31.1 Å². The predicted octanol–water partition coefficient (Wildman–Crippen LogP) is 8.46. The minimum Gasteiger partial charge on any atom is -0.494 e. The first-order valence-electron chi connectivity index (χ1n) is 19.2. The Bertz CT molecular complexity index is 1690. The van der Waals surface area contributed by atoms with E-state index >= 15 is 0 Å². The van der Waals surface area contributed by atoms with E-state index in [1.807, 2.05) is 49.4 Å². The van der Waals surface area contributed by atoms with E-state index in [1.165, 1.54) is 0 Å². The molecule has 12 nitrogen and oxygen atoms in total. The number of hydrogen-bond donors (Lipinski definition) is 1. The molecule has 2 aliphatic rings. The number of amides is 1. The van der Waals surface area contributed by atoms with E-state index in [2.05, 4.69) is 55.7 Å². The van der Waals surface area contributed by atoms with Gasteiger partial charge in [-0.1, -0.05) is 45.9 Å². The largest absolute Gasteiger partial charge is 0.494 e. The predicted molar refractivity (Wildman–Crippen MR) is 219 cm³/mol. The zero-order valence-corrected chi connectivity index (χ0v) is 35.8. The van der Waals surface area contributed by atoms with Crippen LogP contribution in [0.1, 0.15) is 70.6 Å². The topological polar surface area (TPSA) is 130 Å². The number of nitrogen functional groups attached to an aromatic ring is 1. The average molecular weight is 766 g/mol. The Balaban J connectivity index is 1.65. The fraction of sp³-hybridized carbons (Fsp3) is 0.641. The monoisotopic (exact) mass is 765 g/mol. The Kier molecular flexibility index (Phi) is 12.7. The fourth-order valence-corrected chi connectivity index (χ4v) is 8.66. The summed E-state index contributed by atoms with van der Waals surface area (Å²) in [5.74, 6) is 1.76. The Labute approximate surface area is 318 Å². The van der Waals surface area contributed by atoms with E-state index in [4.69, 9.17) is 34.8 Å². The van der Waals surface area contributed by atoms with Crippen LogP contribution in [0.4, 0.5) is 16.4 Å². The maximum Gasteiger partial charge on any atom is 0.410 e. The van der Waals surface area contributed by atoms with E-state index < -0.39 is 21.7 Å². The van der Waals surface area contributed by atoms with Crippen LogP contribution in [-0.2, 0) is 18.9 Å². The Hall–Kier alpha value is -3.47. The molecule has 2 aliphatic heterocycles. The van der Waals surface area contributed by atoms with Gasteiger partial charge in [-0.2, -0.15) is 9.61 Å². The summed E-state index contributed by atoms with van der Waals surface area (Å²) in [4.78, 5) is 27.4. The Morgan fingerprint density at radius 3 is 2.09 bits per heavy atom. The summed E-state index contributed by atoms with van der Waals surface area (Å²) in [5.41, 5.74) is 9.48. The standard InChI is InChI=1S/C39H63N7O5Si2/c1-12-50-27(2)34-35(29-21-30-14-15-31(22-29)45(30)38(47)51-39(3,4)5)43-36-32(28-13-16-33(40)41-23-28)24-42-46(36)37(34)44(25-48-17-19-52(6,7)8)26-49-18-20-53(9,10)11/h13,16,23-24,29-31H,2,12,14-15,17-22,25-26H2,1,3-11H3,(H2,40,41)/t29?,30-,31+. The molecule has 0 spiro atoms. The van der Waals surface area contributed by atoms with Gasteiger partial charge in [0.1, 0.15) is 36.5 Å². The first-order chi connectivity index (χ1) is 24.8. The third kappa shape index (κ3) is 10.4. The minimum absolute atomic E-state index is 0.0249. The highest BCUT2D eigenvalue weighted by molar-refractivity contribution is 6.76. The quantitative estimate of drug-likeness (QED) is 0.0656. The molecule has 1 amide bonds. The van der Waals surface area contributed by atoms with E-state index in [1.54, 1.807) is 12.3 Å². The summed E-state index contributed by atoms with van der Waals surface area (Å²) >= 11 is 0. The molecule has 3 aromatic rings. The van der Waals surface area contributed by atoms with Crippen molar-refractivity contribution in [3.63, 3.8) is 0 Å². The number of ether oxygens (including phenoxy) is 4. The molecule has 14 heteroatoms. The number of hydrogen-bond acceptors (Lipinski definition) is 10. The van der Waals surface area contributed by atoms with Gasteiger partial charge in [-0.15, -0.1) is 0 Å². The lowest BCUT2D eigenvalue weighted by Crippen LogP contribution is -2.48. The van der Waals surface area contributed by atoms with E-state index in [0.29, 0.717) is 50.5 Å². The van der Waals surface area contributed by atoms with Crippen molar-refractivity contribution in [2.45, 2.75) is 128 Å². The summed E-state index contributed by atoms with van der Waals surface area (Å²) in [6.07, 6.45) is 6.70. The van der Waals surface area contributed by atoms with Crippen LogP contribution in [0, 0.1) is 0 Å². The molecule has 292 valence electrons. The van der Waals surface area contributed by atoms with Crippen molar-refractivity contribution in [1.29, 1.82) is 0 Å². The molecular formula is C39H63N7O5Si2. The number of carbonyl (C=O) groups excluding carboxylic acids is 1. The normalized spacial score (nSPS) is 19.1. The number of rotatable bonds is 16. The van der Waals surface area contributed by atoms with Crippen molar-refractivity contribution in [1.82, 2.24) is 24.5 Å². The van der Waals surface area contributed by atoms with Crippen molar-refractivity contribution in [3.8, 4) is 11.1 Å². The van der Waals surface area contributed by atoms with Gasteiger partial charge in [0, 0.05) is 64.7 Å². The lowest BCUT2D eigenvalue weighted by Gasteiger charge is -2.40. The highest BCUT2D eigenvalue weighted by Gasteiger charge is 2.46. The molecule has 0 aliphatic carbocycles. The number of carbonyl (C=O) groups is 1. The van der Waals surface area contributed by atoms with E-state index in [-0.39, 0.29) is 24.1 Å². The smallest absolute Gasteiger partial charge is 0.410 e. The second-order valence-corrected chi connectivity index (χ2v) is 29.2. The lowest BCUT2D eigenvalue weighted by atomic mass is 9.85. The molecule has 2 bridgehead atoms. The Morgan fingerprint density at radius 2 is 1.58 bits per heavy atom. The summed E-state index contributed by atoms with van der Waals surface area (Å²) in [7, 11) is -2.66. The van der Waals surface area contributed by atoms with Crippen molar-refractivity contribution in [2.75, 3.05) is 43.9 Å². The van der Waals surface area contributed by atoms with Gasteiger partial charge in [0.2, 0.25) is 0 Å². The molecule has 0 radical (unpaired) electrons. The van der Waals surface area contributed by atoms with Crippen LogP contribution < -0.4 is 10.6 Å². The average Bonchev–Trinajstić information content (AvgIpc) is 3.59. The van der Waals surface area contributed by atoms with Crippen LogP contribution in [-0.4, -0.2) is 97.7 Å². The number of nitrogens with zero attached hydrogens (tertiary/aromatic N) is 6. The molecule has 3 aromatic heterocycles. The SMILES string of the molecule is C=C(OCC)c1c(C2C[C@H]3CC[C@@H](C2)N3C(=O)OC(C)(C)C)nc2c(-c3ccc(N)nc3)cnn2c1N(COCC[Si](C)(C)C)COCC[Si](C)(C)C. The molecule has 2 N–H and O–H groups in total. The van der Waals surface area contributed by atoms with Gasteiger partial charge in [0.25, 0.3) is 0 Å². The van der Waals surface area contributed by atoms with Crippen LogP contribution in [0.5, 0.6) is 0 Å². The minimum atomic E-state index is -1.33. The molecule has 5 rings (SSSR count). The molecule has 0 aromatic carbocycles. The first kappa shape index (κ1) is 40.7. The molecule has 3 atom stereocenters. The van der Waals surface area contributed by atoms with Gasteiger partial charge in [0.05, 0.1) is 24.1 Å². The molecule has 53 heavy (non-hydrogen) atoms. The van der Waals surface area contributed by atoms with Gasteiger partial charge >= 0.3 is 6.09 Å². The first-order valence-corrected chi connectivity index (χ1v) is 26.6. The van der Waals surface area contributed by atoms with Crippen LogP contribution >= 0.6 is 0 Å². The summed E-state index contributed by atoms with van der Waals surface area (Å²) in [6, 6.07) is 5.91. The van der Waals surface area contributed by atoms with Crippen molar-refractivity contribution < 1.29 is 23.7 Å². The fourth-order valence-electron chi connectivity index (χ4n) is 7.14. The molecule has 1 unspecified atom stereocenters. The summed E-state index contributed by atoms with van der Waals surface area (Å²) in [5, 5.41) is 4.96. The van der Waals surface area contributed by atoms with E-state index in [9.17, 15) is 4.79 Å². The number of piperidine rings is 1. The summed E-state index contributed by atoms with van der Waals surface area (Å²) in [6.45, 7) is 28.7. The molecular weight excluding hydrogens is 703 g/mol. The molecule has 2 saturated heterocycles. The zero-order valence-electron chi connectivity index (χ0n) is 33.8.